The lowest BCUT2D eigenvalue weighted by atomic mass is 10.3. The first-order valence-corrected chi connectivity index (χ1v) is 6.97. The van der Waals surface area contributed by atoms with Gasteiger partial charge in [-0.25, -0.2) is 0 Å². The van der Waals surface area contributed by atoms with Crippen LogP contribution in [-0.2, 0) is 4.79 Å². The van der Waals surface area contributed by atoms with Crippen molar-refractivity contribution in [3.8, 4) is 5.75 Å². The minimum absolute atomic E-state index is 0.122. The molecule has 0 atom stereocenters. The smallest absolute Gasteiger partial charge is 0.243 e. The summed E-state index contributed by atoms with van der Waals surface area (Å²) in [6.45, 7) is 0.122. The van der Waals surface area contributed by atoms with E-state index in [1.165, 1.54) is 7.11 Å². The van der Waals surface area contributed by atoms with Crippen LogP contribution in [0.1, 0.15) is 0 Å². The molecular weight excluding hydrogens is 311 g/mol. The van der Waals surface area contributed by atoms with E-state index in [0.29, 0.717) is 21.5 Å². The highest BCUT2D eigenvalue weighted by molar-refractivity contribution is 6.31. The molecule has 6 heteroatoms. The molecule has 0 aliphatic carbocycles. The second-order valence-electron chi connectivity index (χ2n) is 4.25. The highest BCUT2D eigenvalue weighted by Gasteiger charge is 2.08. The van der Waals surface area contributed by atoms with Crippen molar-refractivity contribution in [2.75, 3.05) is 24.3 Å². The number of carbonyl (C=O) groups excluding carboxylic acids is 1. The van der Waals surface area contributed by atoms with Gasteiger partial charge in [0.2, 0.25) is 5.91 Å². The molecular formula is C15H14Cl2N2O2. The zero-order valence-corrected chi connectivity index (χ0v) is 12.8. The summed E-state index contributed by atoms with van der Waals surface area (Å²) in [5.74, 6) is 0.352. The Balaban J connectivity index is 1.95. The Bertz CT molecular complexity index is 630. The summed E-state index contributed by atoms with van der Waals surface area (Å²) in [4.78, 5) is 11.9. The number of hydrogen-bond donors (Lipinski definition) is 2. The molecule has 0 bridgehead atoms. The second-order valence-corrected chi connectivity index (χ2v) is 5.13. The summed E-state index contributed by atoms with van der Waals surface area (Å²) >= 11 is 11.7. The molecule has 0 aliphatic rings. The molecule has 0 saturated carbocycles. The molecule has 0 heterocycles. The van der Waals surface area contributed by atoms with Crippen molar-refractivity contribution >= 4 is 40.5 Å². The SMILES string of the molecule is COc1ccc(Cl)cc1NC(=O)CNc1ccc(Cl)cc1. The zero-order chi connectivity index (χ0) is 15.2. The van der Waals surface area contributed by atoms with Crippen LogP contribution < -0.4 is 15.4 Å². The fraction of sp³-hybridized carbons (Fsp3) is 0.133. The number of rotatable bonds is 5. The van der Waals surface area contributed by atoms with Gasteiger partial charge in [0.1, 0.15) is 5.75 Å². The monoisotopic (exact) mass is 324 g/mol. The van der Waals surface area contributed by atoms with Crippen molar-refractivity contribution in [2.45, 2.75) is 0 Å². The standard InChI is InChI=1S/C15H14Cl2N2O2/c1-21-14-7-4-11(17)8-13(14)19-15(20)9-18-12-5-2-10(16)3-6-12/h2-8,18H,9H2,1H3,(H,19,20). The van der Waals surface area contributed by atoms with E-state index < -0.39 is 0 Å². The molecule has 2 N–H and O–H groups in total. The van der Waals surface area contributed by atoms with E-state index in [9.17, 15) is 4.79 Å². The Morgan fingerprint density at radius 3 is 2.43 bits per heavy atom. The molecule has 0 radical (unpaired) electrons. The maximum absolute atomic E-state index is 11.9. The number of nitrogens with one attached hydrogen (secondary N) is 2. The number of carbonyl (C=O) groups is 1. The van der Waals surface area contributed by atoms with Crippen LogP contribution in [0.3, 0.4) is 0 Å². The van der Waals surface area contributed by atoms with Gasteiger partial charge >= 0.3 is 0 Å². The summed E-state index contributed by atoms with van der Waals surface area (Å²) < 4.78 is 5.17. The van der Waals surface area contributed by atoms with E-state index >= 15 is 0 Å². The van der Waals surface area contributed by atoms with Crippen molar-refractivity contribution in [1.29, 1.82) is 0 Å². The minimum Gasteiger partial charge on any atom is -0.495 e. The fourth-order valence-electron chi connectivity index (χ4n) is 1.72. The van der Waals surface area contributed by atoms with Gasteiger partial charge in [-0.2, -0.15) is 0 Å². The summed E-state index contributed by atoms with van der Waals surface area (Å²) in [7, 11) is 1.53. The van der Waals surface area contributed by atoms with Gasteiger partial charge in [-0.1, -0.05) is 23.2 Å². The van der Waals surface area contributed by atoms with Crippen molar-refractivity contribution < 1.29 is 9.53 Å². The highest BCUT2D eigenvalue weighted by atomic mass is 35.5. The van der Waals surface area contributed by atoms with Crippen LogP contribution >= 0.6 is 23.2 Å². The van der Waals surface area contributed by atoms with Gasteiger partial charge < -0.3 is 15.4 Å². The molecule has 21 heavy (non-hydrogen) atoms. The third-order valence-electron chi connectivity index (χ3n) is 2.73. The normalized spacial score (nSPS) is 10.0. The van der Waals surface area contributed by atoms with E-state index in [0.717, 1.165) is 5.69 Å². The van der Waals surface area contributed by atoms with Gasteiger partial charge in [0.15, 0.2) is 0 Å². The molecule has 0 aromatic heterocycles. The first-order chi connectivity index (χ1) is 10.1. The molecule has 2 rings (SSSR count). The quantitative estimate of drug-likeness (QED) is 0.872. The Labute approximate surface area is 133 Å². The third-order valence-corrected chi connectivity index (χ3v) is 3.22. The summed E-state index contributed by atoms with van der Waals surface area (Å²) in [5.41, 5.74) is 1.35. The zero-order valence-electron chi connectivity index (χ0n) is 11.3. The average molecular weight is 325 g/mol. The van der Waals surface area contributed by atoms with Gasteiger partial charge in [0, 0.05) is 15.7 Å². The predicted molar refractivity (Wildman–Crippen MR) is 86.6 cm³/mol. The molecule has 0 saturated heterocycles. The lowest BCUT2D eigenvalue weighted by molar-refractivity contribution is -0.114. The molecule has 0 fully saturated rings. The number of methoxy groups -OCH3 is 1. The number of ether oxygens (including phenoxy) is 1. The Hall–Kier alpha value is -1.91. The Kier molecular flexibility index (Phi) is 5.31. The second kappa shape index (κ2) is 7.20. The molecule has 1 amide bonds. The largest absolute Gasteiger partial charge is 0.495 e. The third kappa shape index (κ3) is 4.55. The number of anilines is 2. The van der Waals surface area contributed by atoms with Gasteiger partial charge in [0.05, 0.1) is 19.3 Å². The molecule has 110 valence electrons. The number of amides is 1. The first-order valence-electron chi connectivity index (χ1n) is 6.21. The Morgan fingerprint density at radius 1 is 1.10 bits per heavy atom. The lowest BCUT2D eigenvalue weighted by Crippen LogP contribution is -2.22. The van der Waals surface area contributed by atoms with Crippen LogP contribution in [0.5, 0.6) is 5.75 Å². The molecule has 4 nitrogen and oxygen atoms in total. The molecule has 2 aromatic carbocycles. The summed E-state index contributed by atoms with van der Waals surface area (Å²) in [6, 6.07) is 12.1. The number of benzene rings is 2. The average Bonchev–Trinajstić information content (AvgIpc) is 2.47. The van der Waals surface area contributed by atoms with Crippen molar-refractivity contribution in [3.63, 3.8) is 0 Å². The van der Waals surface area contributed by atoms with Gasteiger partial charge in [0.25, 0.3) is 0 Å². The van der Waals surface area contributed by atoms with Crippen LogP contribution in [0, 0.1) is 0 Å². The fourth-order valence-corrected chi connectivity index (χ4v) is 2.02. The topological polar surface area (TPSA) is 50.4 Å². The van der Waals surface area contributed by atoms with E-state index in [-0.39, 0.29) is 12.5 Å². The maximum atomic E-state index is 11.9. The van der Waals surface area contributed by atoms with E-state index in [1.807, 2.05) is 0 Å². The van der Waals surface area contributed by atoms with Gasteiger partial charge in [-0.05, 0) is 42.5 Å². The summed E-state index contributed by atoms with van der Waals surface area (Å²) in [5, 5.41) is 6.92. The van der Waals surface area contributed by atoms with Crippen LogP contribution in [0.4, 0.5) is 11.4 Å². The van der Waals surface area contributed by atoms with E-state index in [1.54, 1.807) is 42.5 Å². The van der Waals surface area contributed by atoms with Crippen LogP contribution in [0.15, 0.2) is 42.5 Å². The lowest BCUT2D eigenvalue weighted by Gasteiger charge is -2.11. The van der Waals surface area contributed by atoms with E-state index in [2.05, 4.69) is 10.6 Å². The van der Waals surface area contributed by atoms with Crippen LogP contribution in [0.2, 0.25) is 10.0 Å². The molecule has 2 aromatic rings. The Morgan fingerprint density at radius 2 is 1.76 bits per heavy atom. The number of halogens is 2. The van der Waals surface area contributed by atoms with E-state index in [4.69, 9.17) is 27.9 Å². The van der Waals surface area contributed by atoms with Gasteiger partial charge in [-0.15, -0.1) is 0 Å². The van der Waals surface area contributed by atoms with Crippen molar-refractivity contribution in [1.82, 2.24) is 0 Å². The highest BCUT2D eigenvalue weighted by Crippen LogP contribution is 2.27. The summed E-state index contributed by atoms with van der Waals surface area (Å²) in [6.07, 6.45) is 0. The number of hydrogen-bond acceptors (Lipinski definition) is 3. The first kappa shape index (κ1) is 15.5. The molecule has 0 aliphatic heterocycles. The molecule has 0 unspecified atom stereocenters. The minimum atomic E-state index is -0.203. The predicted octanol–water partition coefficient (Wildman–Crippen LogP) is 4.05. The van der Waals surface area contributed by atoms with Crippen molar-refractivity contribution in [2.24, 2.45) is 0 Å². The van der Waals surface area contributed by atoms with Gasteiger partial charge in [-0.3, -0.25) is 4.79 Å². The van der Waals surface area contributed by atoms with Crippen LogP contribution in [-0.4, -0.2) is 19.6 Å². The maximum Gasteiger partial charge on any atom is 0.243 e. The van der Waals surface area contributed by atoms with Crippen LogP contribution in [0.25, 0.3) is 0 Å². The van der Waals surface area contributed by atoms with Crippen molar-refractivity contribution in [3.05, 3.63) is 52.5 Å². The molecule has 0 spiro atoms.